The number of hydrogen-bond acceptors (Lipinski definition) is 4. The topological polar surface area (TPSA) is 66.5 Å². The lowest BCUT2D eigenvalue weighted by Gasteiger charge is -2.24. The van der Waals surface area contributed by atoms with Crippen molar-refractivity contribution in [2.24, 2.45) is 0 Å². The average Bonchev–Trinajstić information content (AvgIpc) is 2.81. The fourth-order valence-corrected chi connectivity index (χ4v) is 4.95. The second-order valence-corrected chi connectivity index (χ2v) is 10.4. The van der Waals surface area contributed by atoms with Crippen molar-refractivity contribution in [3.05, 3.63) is 95.6 Å². The smallest absolute Gasteiger partial charge is 0.251 e. The van der Waals surface area contributed by atoms with Gasteiger partial charge in [-0.05, 0) is 47.6 Å². The molecule has 0 aromatic heterocycles. The van der Waals surface area contributed by atoms with Crippen LogP contribution in [-0.2, 0) is 16.6 Å². The number of carbonyl (C=O) groups is 1. The van der Waals surface area contributed by atoms with Gasteiger partial charge in [0.05, 0.1) is 18.5 Å². The summed E-state index contributed by atoms with van der Waals surface area (Å²) >= 11 is 1.50. The highest BCUT2D eigenvalue weighted by Crippen LogP contribution is 2.31. The zero-order valence-electron chi connectivity index (χ0n) is 18.5. The SMILES string of the molecule is CSc1ccccc1N(Cc1ccc(C(=O)NCC(C)c2ccccc2)cc1)S(C)(=O)=O. The molecule has 32 heavy (non-hydrogen) atoms. The van der Waals surface area contributed by atoms with E-state index in [0.29, 0.717) is 17.8 Å². The molecule has 0 spiro atoms. The van der Waals surface area contributed by atoms with Crippen LogP contribution in [-0.4, -0.2) is 33.4 Å². The Kier molecular flexibility index (Phi) is 7.99. The van der Waals surface area contributed by atoms with E-state index in [9.17, 15) is 13.2 Å². The summed E-state index contributed by atoms with van der Waals surface area (Å²) in [5, 5.41) is 2.97. The first kappa shape index (κ1) is 23.9. The van der Waals surface area contributed by atoms with Crippen LogP contribution in [0.4, 0.5) is 5.69 Å². The lowest BCUT2D eigenvalue weighted by atomic mass is 10.0. The van der Waals surface area contributed by atoms with Gasteiger partial charge < -0.3 is 5.32 Å². The van der Waals surface area contributed by atoms with E-state index in [1.807, 2.05) is 60.9 Å². The zero-order chi connectivity index (χ0) is 23.1. The average molecular weight is 469 g/mol. The summed E-state index contributed by atoms with van der Waals surface area (Å²) in [7, 11) is -3.48. The number of carbonyl (C=O) groups excluding carboxylic acids is 1. The Morgan fingerprint density at radius 3 is 2.22 bits per heavy atom. The number of thioether (sulfide) groups is 1. The van der Waals surface area contributed by atoms with Gasteiger partial charge >= 0.3 is 0 Å². The van der Waals surface area contributed by atoms with Gasteiger partial charge in [0.15, 0.2) is 0 Å². The maximum Gasteiger partial charge on any atom is 0.251 e. The molecule has 0 fully saturated rings. The molecule has 1 amide bonds. The number of nitrogens with zero attached hydrogens (tertiary/aromatic N) is 1. The predicted molar refractivity (Wildman–Crippen MR) is 133 cm³/mol. The van der Waals surface area contributed by atoms with E-state index in [2.05, 4.69) is 12.2 Å². The second kappa shape index (κ2) is 10.7. The fourth-order valence-electron chi connectivity index (χ4n) is 3.39. The summed E-state index contributed by atoms with van der Waals surface area (Å²) in [6.45, 7) is 2.81. The van der Waals surface area contributed by atoms with Crippen molar-refractivity contribution in [1.82, 2.24) is 5.32 Å². The molecule has 0 radical (unpaired) electrons. The molecule has 168 valence electrons. The molecule has 3 rings (SSSR count). The van der Waals surface area contributed by atoms with Crippen LogP contribution >= 0.6 is 11.8 Å². The third kappa shape index (κ3) is 6.14. The quantitative estimate of drug-likeness (QED) is 0.453. The summed E-state index contributed by atoms with van der Waals surface area (Å²) in [6, 6.07) is 24.6. The highest BCUT2D eigenvalue weighted by molar-refractivity contribution is 7.99. The zero-order valence-corrected chi connectivity index (χ0v) is 20.1. The maximum absolute atomic E-state index is 12.6. The Balaban J connectivity index is 1.69. The fraction of sp³-hybridized carbons (Fsp3) is 0.240. The number of hydrogen-bond donors (Lipinski definition) is 1. The van der Waals surface area contributed by atoms with Crippen molar-refractivity contribution in [1.29, 1.82) is 0 Å². The van der Waals surface area contributed by atoms with Crippen LogP contribution in [0.5, 0.6) is 0 Å². The summed E-state index contributed by atoms with van der Waals surface area (Å²) in [5.41, 5.74) is 3.18. The van der Waals surface area contributed by atoms with Crippen molar-refractivity contribution in [3.63, 3.8) is 0 Å². The summed E-state index contributed by atoms with van der Waals surface area (Å²) in [4.78, 5) is 13.4. The number of rotatable bonds is 9. The third-order valence-corrected chi connectivity index (χ3v) is 7.15. The van der Waals surface area contributed by atoms with Gasteiger partial charge in [0.25, 0.3) is 5.91 Å². The van der Waals surface area contributed by atoms with Crippen LogP contribution in [0.2, 0.25) is 0 Å². The van der Waals surface area contributed by atoms with E-state index in [-0.39, 0.29) is 18.4 Å². The first-order valence-electron chi connectivity index (χ1n) is 10.3. The lowest BCUT2D eigenvalue weighted by Crippen LogP contribution is -2.30. The molecule has 0 aliphatic rings. The van der Waals surface area contributed by atoms with Crippen LogP contribution in [0.25, 0.3) is 0 Å². The van der Waals surface area contributed by atoms with Crippen molar-refractivity contribution in [2.75, 3.05) is 23.4 Å². The van der Waals surface area contributed by atoms with Crippen LogP contribution in [0, 0.1) is 0 Å². The molecule has 1 N–H and O–H groups in total. The van der Waals surface area contributed by atoms with Gasteiger partial charge in [-0.1, -0.05) is 61.5 Å². The molecule has 0 aliphatic carbocycles. The van der Waals surface area contributed by atoms with Crippen LogP contribution in [0.1, 0.15) is 34.3 Å². The first-order valence-corrected chi connectivity index (χ1v) is 13.4. The molecule has 5 nitrogen and oxygen atoms in total. The number of sulfonamides is 1. The van der Waals surface area contributed by atoms with Crippen LogP contribution in [0.3, 0.4) is 0 Å². The van der Waals surface area contributed by atoms with Crippen molar-refractivity contribution in [3.8, 4) is 0 Å². The number of nitrogens with one attached hydrogen (secondary N) is 1. The lowest BCUT2D eigenvalue weighted by molar-refractivity contribution is 0.0951. The molecule has 3 aromatic carbocycles. The summed E-state index contributed by atoms with van der Waals surface area (Å²) < 4.78 is 26.4. The summed E-state index contributed by atoms with van der Waals surface area (Å²) in [5.74, 6) is 0.0614. The molecule has 7 heteroatoms. The predicted octanol–water partition coefficient (Wildman–Crippen LogP) is 4.91. The number of benzene rings is 3. The van der Waals surface area contributed by atoms with Gasteiger partial charge in [0.1, 0.15) is 0 Å². The molecule has 1 unspecified atom stereocenters. The van der Waals surface area contributed by atoms with E-state index >= 15 is 0 Å². The van der Waals surface area contributed by atoms with Crippen LogP contribution < -0.4 is 9.62 Å². The highest BCUT2D eigenvalue weighted by atomic mass is 32.2. The number of para-hydroxylation sites is 1. The minimum atomic E-state index is -3.48. The van der Waals surface area contributed by atoms with E-state index in [1.54, 1.807) is 24.3 Å². The molecular weight excluding hydrogens is 440 g/mol. The summed E-state index contributed by atoms with van der Waals surface area (Å²) in [6.07, 6.45) is 3.13. The van der Waals surface area contributed by atoms with Gasteiger partial charge in [-0.2, -0.15) is 0 Å². The molecule has 0 aliphatic heterocycles. The Bertz CT molecular complexity index is 1150. The van der Waals surface area contributed by atoms with Gasteiger partial charge in [-0.15, -0.1) is 11.8 Å². The maximum atomic E-state index is 12.6. The highest BCUT2D eigenvalue weighted by Gasteiger charge is 2.20. The van der Waals surface area contributed by atoms with Crippen LogP contribution in [0.15, 0.2) is 83.8 Å². The van der Waals surface area contributed by atoms with E-state index in [4.69, 9.17) is 0 Å². The second-order valence-electron chi connectivity index (χ2n) is 7.66. The van der Waals surface area contributed by atoms with Crippen molar-refractivity contribution >= 4 is 33.4 Å². The number of amides is 1. The first-order chi connectivity index (χ1) is 15.3. The van der Waals surface area contributed by atoms with Gasteiger partial charge in [0.2, 0.25) is 10.0 Å². The third-order valence-electron chi connectivity index (χ3n) is 5.23. The molecule has 0 heterocycles. The van der Waals surface area contributed by atoms with Crippen molar-refractivity contribution in [2.45, 2.75) is 24.3 Å². The standard InChI is InChI=1S/C25H28N2O3S2/c1-19(21-9-5-4-6-10-21)17-26-25(28)22-15-13-20(14-16-22)18-27(32(3,29)30)23-11-7-8-12-24(23)31-2/h4-16,19H,17-18H2,1-3H3,(H,26,28). The Morgan fingerprint density at radius 1 is 0.969 bits per heavy atom. The Hall–Kier alpha value is -2.77. The minimum Gasteiger partial charge on any atom is -0.351 e. The monoisotopic (exact) mass is 468 g/mol. The van der Waals surface area contributed by atoms with Gasteiger partial charge in [-0.25, -0.2) is 8.42 Å². The normalized spacial score (nSPS) is 12.2. The minimum absolute atomic E-state index is 0.146. The Morgan fingerprint density at radius 2 is 1.59 bits per heavy atom. The van der Waals surface area contributed by atoms with E-state index < -0.39 is 10.0 Å². The van der Waals surface area contributed by atoms with E-state index in [0.717, 1.165) is 10.5 Å². The largest absolute Gasteiger partial charge is 0.351 e. The molecule has 0 bridgehead atoms. The molecule has 0 saturated carbocycles. The Labute approximate surface area is 194 Å². The van der Waals surface area contributed by atoms with Gasteiger partial charge in [-0.3, -0.25) is 9.10 Å². The van der Waals surface area contributed by atoms with E-state index in [1.165, 1.54) is 27.9 Å². The molecule has 3 aromatic rings. The molecular formula is C25H28N2O3S2. The molecule has 0 saturated heterocycles. The van der Waals surface area contributed by atoms with Gasteiger partial charge in [0, 0.05) is 17.0 Å². The van der Waals surface area contributed by atoms with Crippen molar-refractivity contribution < 1.29 is 13.2 Å². The number of anilines is 1. The molecule has 1 atom stereocenters.